The van der Waals surface area contributed by atoms with E-state index < -0.39 is 0 Å². The van der Waals surface area contributed by atoms with Gasteiger partial charge in [0.05, 0.1) is 12.8 Å². The lowest BCUT2D eigenvalue weighted by molar-refractivity contribution is 0.414. The molecule has 0 unspecified atom stereocenters. The molecule has 0 atom stereocenters. The minimum absolute atomic E-state index is 0.843. The maximum Gasteiger partial charge on any atom is 0.142 e. The Morgan fingerprint density at radius 2 is 1.29 bits per heavy atom. The summed E-state index contributed by atoms with van der Waals surface area (Å²) in [6, 6.07) is 27.5. The minimum atomic E-state index is 0.843. The highest BCUT2D eigenvalue weighted by Gasteiger charge is 2.13. The van der Waals surface area contributed by atoms with Crippen LogP contribution in [0.5, 0.6) is 5.75 Å². The Morgan fingerprint density at radius 3 is 1.79 bits per heavy atom. The van der Waals surface area contributed by atoms with E-state index in [2.05, 4.69) is 84.6 Å². The van der Waals surface area contributed by atoms with Gasteiger partial charge in [0.15, 0.2) is 0 Å². The Labute approximate surface area is 144 Å². The first-order valence-corrected chi connectivity index (χ1v) is 8.23. The molecule has 0 saturated carbocycles. The summed E-state index contributed by atoms with van der Waals surface area (Å²) in [4.78, 5) is 2.37. The molecule has 0 fully saturated rings. The van der Waals surface area contributed by atoms with E-state index in [9.17, 15) is 0 Å². The smallest absolute Gasteiger partial charge is 0.142 e. The summed E-state index contributed by atoms with van der Waals surface area (Å²) in [6.07, 6.45) is 0. The van der Waals surface area contributed by atoms with Crippen molar-refractivity contribution in [2.24, 2.45) is 0 Å². The zero-order chi connectivity index (χ0) is 16.8. The van der Waals surface area contributed by atoms with Gasteiger partial charge in [-0.2, -0.15) is 0 Å². The second-order valence-corrected chi connectivity index (χ2v) is 6.00. The molecule has 24 heavy (non-hydrogen) atoms. The fourth-order valence-electron chi connectivity index (χ4n) is 2.88. The van der Waals surface area contributed by atoms with Crippen LogP contribution in [0.1, 0.15) is 16.7 Å². The fraction of sp³-hybridized carbons (Fsp3) is 0.182. The van der Waals surface area contributed by atoms with Crippen molar-refractivity contribution in [3.8, 4) is 5.75 Å². The molecule has 0 aliphatic carbocycles. The normalized spacial score (nSPS) is 10.4. The monoisotopic (exact) mass is 317 g/mol. The van der Waals surface area contributed by atoms with Gasteiger partial charge in [0.2, 0.25) is 0 Å². The summed E-state index contributed by atoms with van der Waals surface area (Å²) in [6.45, 7) is 3.80. The zero-order valence-corrected chi connectivity index (χ0v) is 14.3. The van der Waals surface area contributed by atoms with Gasteiger partial charge in [0.1, 0.15) is 5.75 Å². The first-order valence-electron chi connectivity index (χ1n) is 8.23. The van der Waals surface area contributed by atoms with Gasteiger partial charge in [0.25, 0.3) is 0 Å². The molecule has 2 heteroatoms. The lowest BCUT2D eigenvalue weighted by Gasteiger charge is -2.27. The Kier molecular flexibility index (Phi) is 5.17. The van der Waals surface area contributed by atoms with Crippen molar-refractivity contribution in [2.45, 2.75) is 20.0 Å². The molecule has 0 N–H and O–H groups in total. The Bertz CT molecular complexity index is 727. The molecule has 0 spiro atoms. The minimum Gasteiger partial charge on any atom is -0.495 e. The molecule has 0 bridgehead atoms. The highest BCUT2D eigenvalue weighted by atomic mass is 16.5. The summed E-state index contributed by atoms with van der Waals surface area (Å²) in [5.41, 5.74) is 4.94. The SMILES string of the molecule is COc1ccc(C)cc1N(Cc1ccccc1)Cc1ccccc1. The first kappa shape index (κ1) is 16.1. The van der Waals surface area contributed by atoms with E-state index in [0.29, 0.717) is 0 Å². The Hall–Kier alpha value is -2.74. The third-order valence-corrected chi connectivity index (χ3v) is 4.11. The van der Waals surface area contributed by atoms with Crippen molar-refractivity contribution >= 4 is 5.69 Å². The van der Waals surface area contributed by atoms with Crippen molar-refractivity contribution < 1.29 is 4.74 Å². The highest BCUT2D eigenvalue weighted by molar-refractivity contribution is 5.60. The van der Waals surface area contributed by atoms with Gasteiger partial charge in [-0.25, -0.2) is 0 Å². The van der Waals surface area contributed by atoms with Gasteiger partial charge in [0, 0.05) is 13.1 Å². The van der Waals surface area contributed by atoms with Crippen LogP contribution in [0, 0.1) is 6.92 Å². The molecule has 0 aliphatic heterocycles. The van der Waals surface area contributed by atoms with Gasteiger partial charge in [-0.1, -0.05) is 66.7 Å². The number of ether oxygens (including phenoxy) is 1. The molecule has 0 aliphatic rings. The molecule has 2 nitrogen and oxygen atoms in total. The lowest BCUT2D eigenvalue weighted by atomic mass is 10.1. The summed E-state index contributed by atoms with van der Waals surface area (Å²) in [7, 11) is 1.73. The average Bonchev–Trinajstić information content (AvgIpc) is 2.63. The van der Waals surface area contributed by atoms with Crippen LogP contribution in [0.15, 0.2) is 78.9 Å². The van der Waals surface area contributed by atoms with Crippen molar-refractivity contribution in [3.63, 3.8) is 0 Å². The van der Waals surface area contributed by atoms with Crippen LogP contribution in [-0.4, -0.2) is 7.11 Å². The Morgan fingerprint density at radius 1 is 0.750 bits per heavy atom. The van der Waals surface area contributed by atoms with E-state index in [-0.39, 0.29) is 0 Å². The molecule has 0 aromatic heterocycles. The number of hydrogen-bond donors (Lipinski definition) is 0. The summed E-state index contributed by atoms with van der Waals surface area (Å²) in [5.74, 6) is 0.910. The highest BCUT2D eigenvalue weighted by Crippen LogP contribution is 2.31. The molecule has 0 amide bonds. The van der Waals surface area contributed by atoms with E-state index in [4.69, 9.17) is 4.74 Å². The molecule has 3 aromatic carbocycles. The topological polar surface area (TPSA) is 12.5 Å². The summed E-state index contributed by atoms with van der Waals surface area (Å²) < 4.78 is 5.62. The van der Waals surface area contributed by atoms with E-state index in [1.54, 1.807) is 7.11 Å². The van der Waals surface area contributed by atoms with E-state index in [1.807, 2.05) is 6.07 Å². The van der Waals surface area contributed by atoms with Crippen molar-refractivity contribution in [1.29, 1.82) is 0 Å². The van der Waals surface area contributed by atoms with Crippen LogP contribution in [-0.2, 0) is 13.1 Å². The number of nitrogens with zero attached hydrogens (tertiary/aromatic N) is 1. The number of rotatable bonds is 6. The lowest BCUT2D eigenvalue weighted by Crippen LogP contribution is -2.22. The molecule has 0 heterocycles. The molecule has 3 rings (SSSR count). The molecular formula is C22H23NO. The summed E-state index contributed by atoms with van der Waals surface area (Å²) in [5, 5.41) is 0. The van der Waals surface area contributed by atoms with Crippen LogP contribution >= 0.6 is 0 Å². The van der Waals surface area contributed by atoms with E-state index in [1.165, 1.54) is 16.7 Å². The van der Waals surface area contributed by atoms with Crippen LogP contribution in [0.4, 0.5) is 5.69 Å². The maximum atomic E-state index is 5.62. The van der Waals surface area contributed by atoms with Crippen molar-refractivity contribution in [3.05, 3.63) is 95.6 Å². The average molecular weight is 317 g/mol. The molecule has 0 saturated heterocycles. The van der Waals surface area contributed by atoms with Gasteiger partial charge < -0.3 is 9.64 Å². The van der Waals surface area contributed by atoms with E-state index in [0.717, 1.165) is 24.5 Å². The number of hydrogen-bond acceptors (Lipinski definition) is 2. The zero-order valence-electron chi connectivity index (χ0n) is 14.3. The maximum absolute atomic E-state index is 5.62. The number of anilines is 1. The van der Waals surface area contributed by atoms with Gasteiger partial charge >= 0.3 is 0 Å². The third kappa shape index (κ3) is 3.96. The van der Waals surface area contributed by atoms with Crippen molar-refractivity contribution in [2.75, 3.05) is 12.0 Å². The first-order chi connectivity index (χ1) is 11.8. The van der Waals surface area contributed by atoms with Gasteiger partial charge in [-0.3, -0.25) is 0 Å². The van der Waals surface area contributed by atoms with Crippen molar-refractivity contribution in [1.82, 2.24) is 0 Å². The quantitative estimate of drug-likeness (QED) is 0.619. The molecule has 0 radical (unpaired) electrons. The van der Waals surface area contributed by atoms with Crippen LogP contribution < -0.4 is 9.64 Å². The van der Waals surface area contributed by atoms with Gasteiger partial charge in [-0.05, 0) is 35.7 Å². The largest absolute Gasteiger partial charge is 0.495 e. The number of benzene rings is 3. The molecular weight excluding hydrogens is 294 g/mol. The molecule has 122 valence electrons. The third-order valence-electron chi connectivity index (χ3n) is 4.11. The second-order valence-electron chi connectivity index (χ2n) is 6.00. The number of methoxy groups -OCH3 is 1. The summed E-state index contributed by atoms with van der Waals surface area (Å²) >= 11 is 0. The number of aryl methyl sites for hydroxylation is 1. The predicted octanol–water partition coefficient (Wildman–Crippen LogP) is 5.21. The predicted molar refractivity (Wildman–Crippen MR) is 101 cm³/mol. The molecule has 3 aromatic rings. The van der Waals surface area contributed by atoms with Crippen LogP contribution in [0.25, 0.3) is 0 Å². The van der Waals surface area contributed by atoms with Gasteiger partial charge in [-0.15, -0.1) is 0 Å². The fourth-order valence-corrected chi connectivity index (χ4v) is 2.88. The standard InChI is InChI=1S/C22H23NO/c1-18-13-14-22(24-2)21(15-18)23(16-19-9-5-3-6-10-19)17-20-11-7-4-8-12-20/h3-15H,16-17H2,1-2H3. The van der Waals surface area contributed by atoms with Crippen LogP contribution in [0.3, 0.4) is 0 Å². The van der Waals surface area contributed by atoms with Crippen LogP contribution in [0.2, 0.25) is 0 Å². The van der Waals surface area contributed by atoms with E-state index >= 15 is 0 Å². The Balaban J connectivity index is 1.96. The second kappa shape index (κ2) is 7.69.